The van der Waals surface area contributed by atoms with E-state index in [-0.39, 0.29) is 10.8 Å². The summed E-state index contributed by atoms with van der Waals surface area (Å²) in [5.74, 6) is 5.93. The molecule has 0 fully saturated rings. The molecule has 0 aromatic heterocycles. The van der Waals surface area contributed by atoms with E-state index in [0.717, 1.165) is 146 Å². The van der Waals surface area contributed by atoms with Crippen molar-refractivity contribution < 1.29 is 0 Å². The first-order chi connectivity index (χ1) is 41.2. The number of hydrogen-bond donors (Lipinski definition) is 0. The van der Waals surface area contributed by atoms with E-state index in [4.69, 9.17) is 44.6 Å². The molecule has 0 N–H and O–H groups in total. The zero-order valence-electron chi connectivity index (χ0n) is 57.1. The Kier molecular flexibility index (Phi) is 69.5. The third kappa shape index (κ3) is 70.5. The van der Waals surface area contributed by atoms with Gasteiger partial charge in [-0.05, 0) is 259 Å². The molecular weight excluding hydrogens is 1210 g/mol. The zero-order chi connectivity index (χ0) is 64.9. The van der Waals surface area contributed by atoms with Gasteiger partial charge in [0.2, 0.25) is 0 Å². The van der Waals surface area contributed by atoms with Crippen LogP contribution in [0.25, 0.3) is 0 Å². The monoisotopic (exact) mass is 1340 g/mol. The van der Waals surface area contributed by atoms with Crippen molar-refractivity contribution in [3.63, 3.8) is 0 Å². The summed E-state index contributed by atoms with van der Waals surface area (Å²) >= 11 is 18.9. The number of rotatable bonds is 53. The predicted octanol–water partition coefficient (Wildman–Crippen LogP) is 29.1. The second-order valence-corrected chi connectivity index (χ2v) is 34.5. The van der Waals surface area contributed by atoms with Gasteiger partial charge >= 0.3 is 0 Å². The molecule has 7 atom stereocenters. The summed E-state index contributed by atoms with van der Waals surface area (Å²) in [7, 11) is 13.0. The summed E-state index contributed by atoms with van der Waals surface area (Å²) in [4.78, 5) is 0. The maximum Gasteiger partial charge on any atom is 0.0639 e. The number of halogens is 4. The lowest BCUT2D eigenvalue weighted by Gasteiger charge is -2.27. The lowest BCUT2D eigenvalue weighted by atomic mass is 9.96. The van der Waals surface area contributed by atoms with Crippen molar-refractivity contribution >= 4 is 85.2 Å². The molecule has 0 aliphatic rings. The van der Waals surface area contributed by atoms with Gasteiger partial charge in [0.25, 0.3) is 0 Å². The average molecular weight is 1340 g/mol. The van der Waals surface area contributed by atoms with Crippen molar-refractivity contribution in [3.8, 4) is 0 Å². The Hall–Kier alpha value is -0.950. The molecule has 0 aromatic carbocycles. The minimum atomic E-state index is -0.833. The number of alkyl halides is 2. The van der Waals surface area contributed by atoms with Crippen LogP contribution in [0.5, 0.6) is 0 Å². The number of unbranched alkanes of at least 4 members (excludes halogenated alkanes) is 4. The van der Waals surface area contributed by atoms with Gasteiger partial charge in [-0.2, -0.15) is 0 Å². The molecule has 0 aromatic rings. The fourth-order valence-corrected chi connectivity index (χ4v) is 13.4. The van der Waals surface area contributed by atoms with Crippen LogP contribution in [0.2, 0.25) is 0 Å². The van der Waals surface area contributed by atoms with Crippen molar-refractivity contribution in [2.75, 3.05) is 0 Å². The highest BCUT2D eigenvalue weighted by atomic mass is 36.0. The molecule has 0 aliphatic heterocycles. The van der Waals surface area contributed by atoms with Crippen molar-refractivity contribution in [2.24, 2.45) is 53.3 Å². The largest absolute Gasteiger partial charge is 0.122 e. The van der Waals surface area contributed by atoms with Gasteiger partial charge in [0, 0.05) is 21.3 Å². The number of allylic oxidation sites excluding steroid dienone is 23. The van der Waals surface area contributed by atoms with E-state index in [9.17, 15) is 0 Å². The first kappa shape index (κ1) is 89.2. The molecule has 8 heteroatoms. The van der Waals surface area contributed by atoms with Gasteiger partial charge in [-0.1, -0.05) is 244 Å². The van der Waals surface area contributed by atoms with Gasteiger partial charge in [0.15, 0.2) is 0 Å². The molecule has 0 nitrogen and oxygen atoms in total. The Morgan fingerprint density at radius 2 is 0.477 bits per heavy atom. The first-order valence-electron chi connectivity index (χ1n) is 33.9. The van der Waals surface area contributed by atoms with E-state index >= 15 is 0 Å². The SMILES string of the molecule is C=CC(C/C=C\CC(C)C)CC/C=C\CC/C=C/CC/C=C\CC(C)C.C=CC(C/C=C\CC(C)C)CCC(Cl)C(CC/C=C/CC/C=C\CC(C)C)SSC(CC/C=C/CC/C=C\CC(C)C)C(Cl)CCC(C=C)C/C=C\CC(C)C.S=S(Cl)Cl. The van der Waals surface area contributed by atoms with Crippen LogP contribution in [-0.2, 0) is 19.1 Å². The normalized spacial score (nSPS) is 15.3. The second kappa shape index (κ2) is 67.0. The highest BCUT2D eigenvalue weighted by molar-refractivity contribution is 8.77. The first-order valence-corrected chi connectivity index (χ1v) is 40.9. The summed E-state index contributed by atoms with van der Waals surface area (Å²) in [6, 6.07) is 0. The molecule has 0 bridgehead atoms. The van der Waals surface area contributed by atoms with Gasteiger partial charge in [0.1, 0.15) is 0 Å². The quantitative estimate of drug-likeness (QED) is 0.0196. The Labute approximate surface area is 570 Å². The van der Waals surface area contributed by atoms with E-state index in [0.29, 0.717) is 40.1 Å². The van der Waals surface area contributed by atoms with E-state index in [1.807, 2.05) is 21.6 Å². The lowest BCUT2D eigenvalue weighted by molar-refractivity contribution is 0.538. The van der Waals surface area contributed by atoms with Crippen LogP contribution < -0.4 is 0 Å². The fraction of sp³-hybridized carbons (Fsp3) is 0.667. The summed E-state index contributed by atoms with van der Waals surface area (Å²) in [5.41, 5.74) is 0. The minimum absolute atomic E-state index is 0.114. The Morgan fingerprint density at radius 1 is 0.291 bits per heavy atom. The minimum Gasteiger partial charge on any atom is -0.122 e. The molecule has 0 aliphatic carbocycles. The van der Waals surface area contributed by atoms with Crippen molar-refractivity contribution in [1.82, 2.24) is 0 Å². The molecule has 7 unspecified atom stereocenters. The van der Waals surface area contributed by atoms with Gasteiger partial charge < -0.3 is 0 Å². The molecule has 0 rings (SSSR count). The average Bonchev–Trinajstić information content (AvgIpc) is 3.67. The summed E-state index contributed by atoms with van der Waals surface area (Å²) in [6.07, 6.45) is 83.5. The molecule has 496 valence electrons. The standard InChI is InChI=1S/C52H88Cl2S2.C26H44.Cl2S2/c1-11-47(35-29-27-33-45(7)8)39-41-49(53)51(37-25-21-17-13-15-19-23-31-43(3)4)55-56-52(38-26-22-18-14-16-20-24-32-44(5)6)50(54)42-40-48(12-2)36-30-28-34-46(9)10;1-6-26(23-19-18-21-25(4)5)22-17-15-13-11-9-7-8-10-12-14-16-20-24(2)3;1-4(2)3/h11-12,17-24,27-30,43-52H,1-2,13-16,25-26,31-42H2,3-10H3;6-8,13-16,18-19,24-26H,1,9-12,17,20-23H2,2-5H3;/b21-17+,22-18+,23-19-,24-20-,29-27-,30-28-;8-7+,15-13-,16-14-,19-18-;. The molecule has 0 amide bonds. The van der Waals surface area contributed by atoms with Gasteiger partial charge in [0.05, 0.1) is 7.88 Å². The summed E-state index contributed by atoms with van der Waals surface area (Å²) in [6.45, 7) is 39.6. The highest BCUT2D eigenvalue weighted by Crippen LogP contribution is 2.43. The molecule has 0 spiro atoms. The van der Waals surface area contributed by atoms with Gasteiger partial charge in [-0.25, -0.2) is 0 Å². The lowest BCUT2D eigenvalue weighted by Crippen LogP contribution is -2.21. The van der Waals surface area contributed by atoms with Crippen molar-refractivity contribution in [2.45, 2.75) is 278 Å². The zero-order valence-corrected chi connectivity index (χ0v) is 63.4. The van der Waals surface area contributed by atoms with Crippen LogP contribution in [0.4, 0.5) is 0 Å². The van der Waals surface area contributed by atoms with E-state index in [2.05, 4.69) is 254 Å². The molecule has 86 heavy (non-hydrogen) atoms. The van der Waals surface area contributed by atoms with Crippen molar-refractivity contribution in [1.29, 1.82) is 0 Å². The predicted molar refractivity (Wildman–Crippen MR) is 415 cm³/mol. The third-order valence-electron chi connectivity index (χ3n) is 14.3. The number of hydrogen-bond acceptors (Lipinski definition) is 3. The van der Waals surface area contributed by atoms with Crippen molar-refractivity contribution in [3.05, 3.63) is 159 Å². The van der Waals surface area contributed by atoms with Crippen LogP contribution in [0.1, 0.15) is 256 Å². The Bertz CT molecular complexity index is 1770. The smallest absolute Gasteiger partial charge is 0.0639 e. The summed E-state index contributed by atoms with van der Waals surface area (Å²) < 4.78 is 0. The van der Waals surface area contributed by atoms with Crippen LogP contribution in [0, 0.1) is 53.3 Å². The van der Waals surface area contributed by atoms with Crippen LogP contribution in [-0.4, -0.2) is 21.3 Å². The molecular formula is C78H132Cl4S4. The van der Waals surface area contributed by atoms with E-state index in [1.165, 1.54) is 51.4 Å². The van der Waals surface area contributed by atoms with Crippen LogP contribution in [0.15, 0.2) is 159 Å². The second-order valence-electron chi connectivity index (χ2n) is 25.9. The third-order valence-corrected chi connectivity index (χ3v) is 19.2. The maximum absolute atomic E-state index is 7.37. The van der Waals surface area contributed by atoms with E-state index in [1.54, 1.807) is 0 Å². The molecule has 0 saturated carbocycles. The topological polar surface area (TPSA) is 0 Å². The highest BCUT2D eigenvalue weighted by Gasteiger charge is 2.26. The molecule has 0 saturated heterocycles. The Morgan fingerprint density at radius 3 is 0.709 bits per heavy atom. The Balaban J connectivity index is -0.00000190. The van der Waals surface area contributed by atoms with Gasteiger partial charge in [-0.3, -0.25) is 0 Å². The molecule has 0 heterocycles. The van der Waals surface area contributed by atoms with E-state index < -0.39 is 7.88 Å². The maximum atomic E-state index is 7.37. The summed E-state index contributed by atoms with van der Waals surface area (Å²) in [5, 5.41) is 0.960. The molecule has 0 radical (unpaired) electrons. The van der Waals surface area contributed by atoms with Crippen LogP contribution >= 0.6 is 66.2 Å². The van der Waals surface area contributed by atoms with Gasteiger partial charge in [-0.15, -0.1) is 42.9 Å². The van der Waals surface area contributed by atoms with Crippen LogP contribution in [0.3, 0.4) is 0 Å². The fourth-order valence-electron chi connectivity index (χ4n) is 8.76.